The molecule has 156 valence electrons. The van der Waals surface area contributed by atoms with Gasteiger partial charge < -0.3 is 9.64 Å². The van der Waals surface area contributed by atoms with Crippen LogP contribution >= 0.6 is 11.6 Å². The largest absolute Gasteiger partial charge is 0.478 e. The van der Waals surface area contributed by atoms with Crippen molar-refractivity contribution < 1.29 is 22.3 Å². The van der Waals surface area contributed by atoms with Gasteiger partial charge in [-0.05, 0) is 36.6 Å². The summed E-state index contributed by atoms with van der Waals surface area (Å²) < 4.78 is 43.7. The number of sulfone groups is 1. The van der Waals surface area contributed by atoms with Crippen molar-refractivity contribution >= 4 is 27.3 Å². The lowest BCUT2D eigenvalue weighted by Gasteiger charge is -2.32. The van der Waals surface area contributed by atoms with Crippen LogP contribution in [0.2, 0.25) is 5.02 Å². The van der Waals surface area contributed by atoms with E-state index in [4.69, 9.17) is 16.3 Å². The molecular formula is C21H23ClFNO4S. The third-order valence-corrected chi connectivity index (χ3v) is 7.10. The number of rotatable bonds is 7. The maximum absolute atomic E-state index is 14.0. The van der Waals surface area contributed by atoms with Gasteiger partial charge in [0, 0.05) is 17.6 Å². The molecule has 0 aromatic heterocycles. The van der Waals surface area contributed by atoms with Gasteiger partial charge in [-0.25, -0.2) is 12.8 Å². The summed E-state index contributed by atoms with van der Waals surface area (Å²) in [6.07, 6.45) is -0.266. The van der Waals surface area contributed by atoms with Crippen molar-refractivity contribution in [3.63, 3.8) is 0 Å². The molecule has 0 saturated carbocycles. The number of amides is 1. The predicted octanol–water partition coefficient (Wildman–Crippen LogP) is 3.85. The van der Waals surface area contributed by atoms with Crippen LogP contribution in [-0.4, -0.2) is 42.9 Å². The Morgan fingerprint density at radius 1 is 1.24 bits per heavy atom. The Morgan fingerprint density at radius 3 is 2.55 bits per heavy atom. The zero-order valence-electron chi connectivity index (χ0n) is 16.1. The third-order valence-electron chi connectivity index (χ3n) is 4.98. The fraction of sp³-hybridized carbons (Fsp3) is 0.381. The quantitative estimate of drug-likeness (QED) is 0.657. The smallest absolute Gasteiger partial charge is 0.264 e. The molecule has 1 amide bonds. The van der Waals surface area contributed by atoms with E-state index < -0.39 is 27.8 Å². The van der Waals surface area contributed by atoms with Crippen LogP contribution in [0.25, 0.3) is 0 Å². The molecule has 1 fully saturated rings. The molecule has 1 aliphatic rings. The van der Waals surface area contributed by atoms with E-state index in [0.29, 0.717) is 23.4 Å². The average molecular weight is 440 g/mol. The zero-order valence-corrected chi connectivity index (χ0v) is 17.6. The first kappa shape index (κ1) is 21.6. The molecule has 2 atom stereocenters. The third kappa shape index (κ3) is 5.28. The number of ether oxygens (including phenoxy) is 1. The van der Waals surface area contributed by atoms with Crippen LogP contribution in [0.1, 0.15) is 25.3 Å². The maximum atomic E-state index is 14.0. The minimum atomic E-state index is -3.20. The van der Waals surface area contributed by atoms with Gasteiger partial charge in [-0.3, -0.25) is 4.79 Å². The summed E-state index contributed by atoms with van der Waals surface area (Å²) in [6, 6.07) is 12.5. The Labute approximate surface area is 175 Å². The fourth-order valence-electron chi connectivity index (χ4n) is 3.41. The molecule has 0 unspecified atom stereocenters. The number of para-hydroxylation sites is 1. The van der Waals surface area contributed by atoms with Crippen LogP contribution in [0, 0.1) is 5.82 Å². The summed E-state index contributed by atoms with van der Waals surface area (Å²) in [5.74, 6) is -1.00. The molecule has 1 aliphatic heterocycles. The monoisotopic (exact) mass is 439 g/mol. The van der Waals surface area contributed by atoms with Gasteiger partial charge in [-0.2, -0.15) is 0 Å². The Kier molecular flexibility index (Phi) is 6.80. The van der Waals surface area contributed by atoms with Gasteiger partial charge in [0.25, 0.3) is 5.91 Å². The molecular weight excluding hydrogens is 417 g/mol. The highest BCUT2D eigenvalue weighted by Gasteiger charge is 2.37. The van der Waals surface area contributed by atoms with E-state index in [0.717, 1.165) is 0 Å². The van der Waals surface area contributed by atoms with E-state index in [1.807, 2.05) is 6.07 Å². The number of carbonyl (C=O) groups excluding carboxylic acids is 1. The van der Waals surface area contributed by atoms with E-state index in [9.17, 15) is 17.6 Å². The van der Waals surface area contributed by atoms with E-state index >= 15 is 0 Å². The van der Waals surface area contributed by atoms with Gasteiger partial charge in [-0.15, -0.1) is 0 Å². The molecule has 0 aliphatic carbocycles. The fourth-order valence-corrected chi connectivity index (χ4v) is 5.33. The van der Waals surface area contributed by atoms with Crippen molar-refractivity contribution in [2.75, 3.05) is 11.5 Å². The van der Waals surface area contributed by atoms with Crippen molar-refractivity contribution in [2.45, 2.75) is 38.5 Å². The standard InChI is InChI=1S/C21H23ClFNO4S/c1-2-19(28-20-10-6-5-9-18(20)23)21(25)24(16-11-12-29(26,27)14-16)13-15-7-3-4-8-17(15)22/h3-10,16,19H,2,11-14H2,1H3/t16-,19-/m1/s1. The molecule has 2 aromatic rings. The first-order valence-corrected chi connectivity index (χ1v) is 11.7. The molecule has 1 saturated heterocycles. The first-order chi connectivity index (χ1) is 13.8. The number of carbonyl (C=O) groups is 1. The van der Waals surface area contributed by atoms with Gasteiger partial charge >= 0.3 is 0 Å². The molecule has 5 nitrogen and oxygen atoms in total. The molecule has 3 rings (SSSR count). The van der Waals surface area contributed by atoms with Gasteiger partial charge in [0.1, 0.15) is 0 Å². The molecule has 8 heteroatoms. The molecule has 0 bridgehead atoms. The number of hydrogen-bond acceptors (Lipinski definition) is 4. The number of halogens is 2. The average Bonchev–Trinajstić information content (AvgIpc) is 3.05. The Bertz CT molecular complexity index is 982. The van der Waals surface area contributed by atoms with Crippen molar-refractivity contribution in [3.05, 3.63) is 64.9 Å². The second-order valence-corrected chi connectivity index (χ2v) is 9.70. The lowest BCUT2D eigenvalue weighted by molar-refractivity contribution is -0.141. The van der Waals surface area contributed by atoms with Crippen LogP contribution in [0.5, 0.6) is 5.75 Å². The molecule has 1 heterocycles. The highest BCUT2D eigenvalue weighted by molar-refractivity contribution is 7.91. The van der Waals surface area contributed by atoms with E-state index in [2.05, 4.69) is 0 Å². The molecule has 0 radical (unpaired) electrons. The van der Waals surface area contributed by atoms with Crippen LogP contribution in [0.4, 0.5) is 4.39 Å². The predicted molar refractivity (Wildman–Crippen MR) is 110 cm³/mol. The molecule has 29 heavy (non-hydrogen) atoms. The molecule has 2 aromatic carbocycles. The van der Waals surface area contributed by atoms with Crippen molar-refractivity contribution in [1.82, 2.24) is 4.90 Å². The second kappa shape index (κ2) is 9.13. The first-order valence-electron chi connectivity index (χ1n) is 9.46. The highest BCUT2D eigenvalue weighted by atomic mass is 35.5. The van der Waals surface area contributed by atoms with E-state index in [1.54, 1.807) is 31.2 Å². The van der Waals surface area contributed by atoms with Crippen LogP contribution < -0.4 is 4.74 Å². The van der Waals surface area contributed by atoms with E-state index in [-0.39, 0.29) is 29.7 Å². The molecule has 0 spiro atoms. The lowest BCUT2D eigenvalue weighted by atomic mass is 10.1. The molecule has 0 N–H and O–H groups in total. The van der Waals surface area contributed by atoms with Crippen LogP contribution in [-0.2, 0) is 21.2 Å². The summed E-state index contributed by atoms with van der Waals surface area (Å²) in [4.78, 5) is 14.9. The van der Waals surface area contributed by atoms with Gasteiger partial charge in [-0.1, -0.05) is 48.9 Å². The lowest BCUT2D eigenvalue weighted by Crippen LogP contribution is -2.47. The van der Waals surface area contributed by atoms with Gasteiger partial charge in [0.15, 0.2) is 27.5 Å². The van der Waals surface area contributed by atoms with Gasteiger partial charge in [0.2, 0.25) is 0 Å². The van der Waals surface area contributed by atoms with Crippen LogP contribution in [0.15, 0.2) is 48.5 Å². The minimum absolute atomic E-state index is 0.00978. The zero-order chi connectivity index (χ0) is 21.0. The Hall–Kier alpha value is -2.12. The topological polar surface area (TPSA) is 63.7 Å². The summed E-state index contributed by atoms with van der Waals surface area (Å²) in [5, 5.41) is 0.495. The van der Waals surface area contributed by atoms with Crippen molar-refractivity contribution in [2.24, 2.45) is 0 Å². The number of hydrogen-bond donors (Lipinski definition) is 0. The van der Waals surface area contributed by atoms with E-state index in [1.165, 1.54) is 23.1 Å². The van der Waals surface area contributed by atoms with Crippen molar-refractivity contribution in [1.29, 1.82) is 0 Å². The Balaban J connectivity index is 1.88. The highest BCUT2D eigenvalue weighted by Crippen LogP contribution is 2.26. The summed E-state index contributed by atoms with van der Waals surface area (Å²) in [6.45, 7) is 1.93. The second-order valence-electron chi connectivity index (χ2n) is 7.06. The minimum Gasteiger partial charge on any atom is -0.478 e. The summed E-state index contributed by atoms with van der Waals surface area (Å²) in [5.41, 5.74) is 0.715. The Morgan fingerprint density at radius 2 is 1.93 bits per heavy atom. The normalized spacial score (nSPS) is 18.9. The number of benzene rings is 2. The van der Waals surface area contributed by atoms with Crippen LogP contribution in [0.3, 0.4) is 0 Å². The van der Waals surface area contributed by atoms with Gasteiger partial charge in [0.05, 0.1) is 11.5 Å². The van der Waals surface area contributed by atoms with Crippen molar-refractivity contribution in [3.8, 4) is 5.75 Å². The summed E-state index contributed by atoms with van der Waals surface area (Å²) in [7, 11) is -3.20. The SMILES string of the molecule is CC[C@@H](Oc1ccccc1F)C(=O)N(Cc1ccccc1Cl)[C@@H]1CCS(=O)(=O)C1. The summed E-state index contributed by atoms with van der Waals surface area (Å²) >= 11 is 6.26. The maximum Gasteiger partial charge on any atom is 0.264 e. The number of nitrogens with zero attached hydrogens (tertiary/aromatic N) is 1.